The van der Waals surface area contributed by atoms with Crippen LogP contribution in [0.3, 0.4) is 0 Å². The van der Waals surface area contributed by atoms with Crippen LogP contribution in [0.4, 0.5) is 13.2 Å². The normalized spacial score (nSPS) is 13.7. The molecule has 0 aliphatic heterocycles. The monoisotopic (exact) mass is 344 g/mol. The lowest BCUT2D eigenvalue weighted by atomic mass is 10.1. The van der Waals surface area contributed by atoms with Gasteiger partial charge in [-0.2, -0.15) is 13.2 Å². The topological polar surface area (TPSA) is 17.1 Å². The molecular formula is C9H5Br2F3O. The number of carbonyl (C=O) groups is 1. The van der Waals surface area contributed by atoms with Crippen molar-refractivity contribution in [2.75, 3.05) is 0 Å². The molecule has 0 aliphatic carbocycles. The zero-order valence-electron chi connectivity index (χ0n) is 7.18. The van der Waals surface area contributed by atoms with Gasteiger partial charge in [-0.15, -0.1) is 0 Å². The van der Waals surface area contributed by atoms with Crippen molar-refractivity contribution in [1.29, 1.82) is 0 Å². The molecule has 0 spiro atoms. The molecule has 0 saturated carbocycles. The van der Waals surface area contributed by atoms with Crippen molar-refractivity contribution in [1.82, 2.24) is 0 Å². The van der Waals surface area contributed by atoms with Gasteiger partial charge in [-0.1, -0.05) is 28.1 Å². The summed E-state index contributed by atoms with van der Waals surface area (Å²) < 4.78 is 36.2. The summed E-state index contributed by atoms with van der Waals surface area (Å²) in [4.78, 5) is 10.2. The molecule has 1 nitrogen and oxygen atoms in total. The van der Waals surface area contributed by atoms with Crippen LogP contribution in [0, 0.1) is 0 Å². The van der Waals surface area contributed by atoms with Crippen molar-refractivity contribution < 1.29 is 18.0 Å². The third-order valence-corrected chi connectivity index (χ3v) is 3.75. The predicted molar refractivity (Wildman–Crippen MR) is 57.0 cm³/mol. The van der Waals surface area contributed by atoms with Crippen LogP contribution >= 0.6 is 31.9 Å². The van der Waals surface area contributed by atoms with Crippen LogP contribution in [-0.4, -0.2) is 4.69 Å². The third-order valence-electron chi connectivity index (χ3n) is 1.73. The predicted octanol–water partition coefficient (Wildman–Crippen LogP) is 4.06. The number of carbonyl (C=O) groups excluding carboxylic acids is 1. The van der Waals surface area contributed by atoms with Crippen LogP contribution in [0.1, 0.15) is 16.0 Å². The summed E-state index contributed by atoms with van der Waals surface area (Å²) in [5.41, 5.74) is -0.252. The van der Waals surface area contributed by atoms with Crippen LogP contribution in [0.15, 0.2) is 24.3 Å². The lowest BCUT2D eigenvalue weighted by Crippen LogP contribution is -2.05. The van der Waals surface area contributed by atoms with Gasteiger partial charge in [0.15, 0.2) is 0 Å². The molecule has 0 fully saturated rings. The Labute approximate surface area is 101 Å². The highest BCUT2D eigenvalue weighted by Crippen LogP contribution is 2.32. The molecule has 0 radical (unpaired) electrons. The Morgan fingerprint density at radius 3 is 2.00 bits per heavy atom. The smallest absolute Gasteiger partial charge is 0.285 e. The molecule has 0 saturated heterocycles. The number of alkyl halides is 4. The summed E-state index contributed by atoms with van der Waals surface area (Å²) in [6, 6.07) is 4.42. The lowest BCUT2D eigenvalue weighted by molar-refractivity contribution is -0.137. The van der Waals surface area contributed by atoms with Crippen LogP contribution in [0.5, 0.6) is 0 Å². The largest absolute Gasteiger partial charge is 0.416 e. The van der Waals surface area contributed by atoms with Crippen LogP contribution in [-0.2, 0) is 11.0 Å². The molecule has 0 amide bonds. The molecule has 0 heterocycles. The van der Waals surface area contributed by atoms with Crippen LogP contribution < -0.4 is 0 Å². The highest BCUT2D eigenvalue weighted by Gasteiger charge is 2.30. The third kappa shape index (κ3) is 3.31. The number of halogens is 5. The van der Waals surface area contributed by atoms with Crippen molar-refractivity contribution in [3.05, 3.63) is 35.4 Å². The summed E-state index contributed by atoms with van der Waals surface area (Å²) in [6.45, 7) is 0. The van der Waals surface area contributed by atoms with E-state index in [2.05, 4.69) is 31.9 Å². The summed E-state index contributed by atoms with van der Waals surface area (Å²) in [7, 11) is 0. The maximum absolute atomic E-state index is 12.2. The Morgan fingerprint density at radius 1 is 1.20 bits per heavy atom. The first-order valence-electron chi connectivity index (χ1n) is 3.83. The summed E-state index contributed by atoms with van der Waals surface area (Å²) in [6.07, 6.45) is -4.35. The van der Waals surface area contributed by atoms with E-state index in [0.29, 0.717) is 5.56 Å². The highest BCUT2D eigenvalue weighted by atomic mass is 79.9. The van der Waals surface area contributed by atoms with Crippen molar-refractivity contribution >= 4 is 36.6 Å². The second-order valence-electron chi connectivity index (χ2n) is 2.79. The molecule has 0 N–H and O–H groups in total. The highest BCUT2D eigenvalue weighted by molar-refractivity contribution is 9.19. The van der Waals surface area contributed by atoms with Gasteiger partial charge in [-0.3, -0.25) is 4.79 Å². The minimum atomic E-state index is -4.35. The first-order chi connectivity index (χ1) is 6.82. The van der Waals surface area contributed by atoms with Gasteiger partial charge < -0.3 is 0 Å². The SMILES string of the molecule is O=C(Br)C(Br)c1ccc(C(F)(F)F)cc1. The molecule has 0 bridgehead atoms. The van der Waals surface area contributed by atoms with E-state index in [9.17, 15) is 18.0 Å². The van der Waals surface area contributed by atoms with Crippen LogP contribution in [0.25, 0.3) is 0 Å². The Morgan fingerprint density at radius 2 is 1.67 bits per heavy atom. The van der Waals surface area contributed by atoms with Gasteiger partial charge in [-0.05, 0) is 33.6 Å². The Bertz CT molecular complexity index is 359. The fraction of sp³-hybridized carbons (Fsp3) is 0.222. The van der Waals surface area contributed by atoms with E-state index in [1.54, 1.807) is 0 Å². The number of hydrogen-bond donors (Lipinski definition) is 0. The van der Waals surface area contributed by atoms with Gasteiger partial charge in [-0.25, -0.2) is 0 Å². The molecular weight excluding hydrogens is 341 g/mol. The van der Waals surface area contributed by atoms with E-state index in [-0.39, 0.29) is 4.69 Å². The average Bonchev–Trinajstić information content (AvgIpc) is 2.15. The molecule has 1 aromatic rings. The summed E-state index contributed by atoms with van der Waals surface area (Å²) in [5.74, 6) is 0. The van der Waals surface area contributed by atoms with Gasteiger partial charge in [0.05, 0.1) is 5.56 Å². The molecule has 1 aromatic carbocycles. The van der Waals surface area contributed by atoms with Crippen molar-refractivity contribution in [2.24, 2.45) is 0 Å². The van der Waals surface area contributed by atoms with Gasteiger partial charge in [0.2, 0.25) is 4.69 Å². The zero-order valence-corrected chi connectivity index (χ0v) is 10.4. The Hall–Kier alpha value is -0.360. The molecule has 1 atom stereocenters. The number of hydrogen-bond acceptors (Lipinski definition) is 1. The van der Waals surface area contributed by atoms with E-state index in [0.717, 1.165) is 12.1 Å². The van der Waals surface area contributed by atoms with E-state index >= 15 is 0 Å². The molecule has 6 heteroatoms. The number of benzene rings is 1. The lowest BCUT2D eigenvalue weighted by Gasteiger charge is -2.09. The van der Waals surface area contributed by atoms with Crippen molar-refractivity contribution in [3.8, 4) is 0 Å². The fourth-order valence-corrected chi connectivity index (χ4v) is 1.54. The Balaban J connectivity index is 2.95. The van der Waals surface area contributed by atoms with Crippen molar-refractivity contribution in [2.45, 2.75) is 11.0 Å². The summed E-state index contributed by atoms with van der Waals surface area (Å²) in [5, 5.41) is 0. The standard InChI is InChI=1S/C9H5Br2F3O/c10-7(8(11)15)5-1-3-6(4-2-5)9(12,13)14/h1-4,7H. The van der Waals surface area contributed by atoms with Gasteiger partial charge in [0.1, 0.15) is 4.83 Å². The van der Waals surface area contributed by atoms with Crippen molar-refractivity contribution in [3.63, 3.8) is 0 Å². The molecule has 15 heavy (non-hydrogen) atoms. The van der Waals surface area contributed by atoms with Gasteiger partial charge in [0, 0.05) is 0 Å². The first kappa shape index (κ1) is 12.7. The fourth-order valence-electron chi connectivity index (χ4n) is 0.972. The second-order valence-corrected chi connectivity index (χ2v) is 4.48. The van der Waals surface area contributed by atoms with E-state index < -0.39 is 16.6 Å². The Kier molecular flexibility index (Phi) is 3.94. The number of rotatable bonds is 2. The maximum atomic E-state index is 12.2. The second kappa shape index (κ2) is 4.65. The first-order valence-corrected chi connectivity index (χ1v) is 5.54. The quantitative estimate of drug-likeness (QED) is 0.583. The maximum Gasteiger partial charge on any atom is 0.416 e. The minimum Gasteiger partial charge on any atom is -0.285 e. The molecule has 0 aromatic heterocycles. The molecule has 1 unspecified atom stereocenters. The van der Waals surface area contributed by atoms with Gasteiger partial charge in [0.25, 0.3) is 0 Å². The van der Waals surface area contributed by atoms with Gasteiger partial charge >= 0.3 is 6.18 Å². The minimum absolute atomic E-state index is 0.331. The molecule has 82 valence electrons. The summed E-state index contributed by atoms with van der Waals surface area (Å²) >= 11 is 5.77. The van der Waals surface area contributed by atoms with Crippen LogP contribution in [0.2, 0.25) is 0 Å². The average molecular weight is 346 g/mol. The molecule has 1 rings (SSSR count). The zero-order chi connectivity index (χ0) is 11.6. The van der Waals surface area contributed by atoms with E-state index in [4.69, 9.17) is 0 Å². The van der Waals surface area contributed by atoms with E-state index in [1.165, 1.54) is 12.1 Å². The molecule has 0 aliphatic rings. The van der Waals surface area contributed by atoms with E-state index in [1.807, 2.05) is 0 Å².